The van der Waals surface area contributed by atoms with Crippen LogP contribution in [0.5, 0.6) is 0 Å². The lowest BCUT2D eigenvalue weighted by Crippen LogP contribution is -2.46. The fourth-order valence-corrected chi connectivity index (χ4v) is 1.12. The van der Waals surface area contributed by atoms with Gasteiger partial charge in [-0.15, -0.1) is 6.58 Å². The third-order valence-corrected chi connectivity index (χ3v) is 2.13. The number of rotatable bonds is 7. The van der Waals surface area contributed by atoms with Crippen LogP contribution in [-0.4, -0.2) is 33.7 Å². The van der Waals surface area contributed by atoms with Crippen LogP contribution in [0.2, 0.25) is 0 Å². The van der Waals surface area contributed by atoms with Gasteiger partial charge in [-0.05, 0) is 6.42 Å². The van der Waals surface area contributed by atoms with E-state index in [0.29, 0.717) is 5.57 Å². The largest absolute Gasteiger partial charge is 0.480 e. The standard InChI is InChI=1S/C10H16N2O4/c1-3-10(12,9(15)16)5-6(2)4-7(11)8(13)14/h3,7H,1-2,4-5,11-12H2,(H,13,14)(H,15,16). The summed E-state index contributed by atoms with van der Waals surface area (Å²) < 4.78 is 0. The van der Waals surface area contributed by atoms with Gasteiger partial charge in [0.1, 0.15) is 11.6 Å². The van der Waals surface area contributed by atoms with E-state index in [1.807, 2.05) is 0 Å². The second-order valence-electron chi connectivity index (χ2n) is 3.63. The molecule has 6 heteroatoms. The zero-order chi connectivity index (χ0) is 12.9. The maximum absolute atomic E-state index is 10.8. The lowest BCUT2D eigenvalue weighted by atomic mass is 9.90. The molecule has 0 fully saturated rings. The van der Waals surface area contributed by atoms with Crippen molar-refractivity contribution in [1.82, 2.24) is 0 Å². The van der Waals surface area contributed by atoms with Crippen LogP contribution in [0.1, 0.15) is 12.8 Å². The Morgan fingerprint density at radius 2 is 1.94 bits per heavy atom. The Balaban J connectivity index is 4.50. The van der Waals surface area contributed by atoms with E-state index in [0.717, 1.165) is 6.08 Å². The van der Waals surface area contributed by atoms with Crippen LogP contribution in [0, 0.1) is 0 Å². The molecule has 0 amide bonds. The molecule has 6 nitrogen and oxygen atoms in total. The van der Waals surface area contributed by atoms with Gasteiger partial charge in [-0.3, -0.25) is 4.79 Å². The molecule has 0 aliphatic carbocycles. The zero-order valence-electron chi connectivity index (χ0n) is 8.85. The Bertz CT molecular complexity index is 327. The van der Waals surface area contributed by atoms with Crippen molar-refractivity contribution in [3.63, 3.8) is 0 Å². The SMILES string of the molecule is C=CC(N)(CC(=C)CC(N)C(=O)O)C(=O)O. The molecule has 0 rings (SSSR count). The molecule has 16 heavy (non-hydrogen) atoms. The topological polar surface area (TPSA) is 127 Å². The van der Waals surface area contributed by atoms with Gasteiger partial charge in [0, 0.05) is 6.42 Å². The summed E-state index contributed by atoms with van der Waals surface area (Å²) in [6.07, 6.45) is 0.981. The highest BCUT2D eigenvalue weighted by Gasteiger charge is 2.31. The van der Waals surface area contributed by atoms with Gasteiger partial charge >= 0.3 is 11.9 Å². The van der Waals surface area contributed by atoms with Crippen molar-refractivity contribution in [2.24, 2.45) is 11.5 Å². The molecule has 0 aliphatic rings. The molecular weight excluding hydrogens is 212 g/mol. The van der Waals surface area contributed by atoms with Crippen LogP contribution in [0.4, 0.5) is 0 Å². The second-order valence-corrected chi connectivity index (χ2v) is 3.63. The van der Waals surface area contributed by atoms with Gasteiger partial charge in [-0.2, -0.15) is 0 Å². The minimum atomic E-state index is -1.63. The molecule has 0 bridgehead atoms. The Morgan fingerprint density at radius 1 is 1.44 bits per heavy atom. The predicted molar refractivity (Wildman–Crippen MR) is 58.7 cm³/mol. The molecule has 2 unspecified atom stereocenters. The maximum atomic E-state index is 10.8. The number of carboxylic acid groups (broad SMARTS) is 2. The lowest BCUT2D eigenvalue weighted by molar-refractivity contribution is -0.141. The van der Waals surface area contributed by atoms with Crippen molar-refractivity contribution in [3.05, 3.63) is 24.8 Å². The van der Waals surface area contributed by atoms with Gasteiger partial charge in [0.05, 0.1) is 0 Å². The molecule has 0 heterocycles. The van der Waals surface area contributed by atoms with Crippen molar-refractivity contribution in [2.75, 3.05) is 0 Å². The first-order valence-corrected chi connectivity index (χ1v) is 4.54. The minimum absolute atomic E-state index is 0.0184. The smallest absolute Gasteiger partial charge is 0.328 e. The van der Waals surface area contributed by atoms with E-state index in [1.54, 1.807) is 0 Å². The number of carboxylic acids is 2. The molecule has 6 N–H and O–H groups in total. The molecule has 0 aromatic rings. The van der Waals surface area contributed by atoms with E-state index in [9.17, 15) is 9.59 Å². The maximum Gasteiger partial charge on any atom is 0.328 e. The highest BCUT2D eigenvalue weighted by molar-refractivity contribution is 5.81. The summed E-state index contributed by atoms with van der Waals surface area (Å²) in [5, 5.41) is 17.4. The van der Waals surface area contributed by atoms with Crippen LogP contribution in [-0.2, 0) is 9.59 Å². The lowest BCUT2D eigenvalue weighted by Gasteiger charge is -2.22. The van der Waals surface area contributed by atoms with Gasteiger partial charge in [-0.1, -0.05) is 18.2 Å². The number of hydrogen-bond acceptors (Lipinski definition) is 4. The summed E-state index contributed by atoms with van der Waals surface area (Å²) in [6, 6.07) is -1.10. The highest BCUT2D eigenvalue weighted by atomic mass is 16.4. The molecule has 0 aromatic heterocycles. The van der Waals surface area contributed by atoms with Crippen molar-refractivity contribution in [2.45, 2.75) is 24.4 Å². The van der Waals surface area contributed by atoms with Crippen molar-refractivity contribution < 1.29 is 19.8 Å². The summed E-state index contributed by atoms with van der Waals surface area (Å²) in [7, 11) is 0. The predicted octanol–water partition coefficient (Wildman–Crippen LogP) is -0.297. The number of hydrogen-bond donors (Lipinski definition) is 4. The average Bonchev–Trinajstić information content (AvgIpc) is 2.16. The Hall–Kier alpha value is -1.66. The van der Waals surface area contributed by atoms with Crippen molar-refractivity contribution >= 4 is 11.9 Å². The summed E-state index contributed by atoms with van der Waals surface area (Å²) in [5.41, 5.74) is 9.54. The Labute approximate surface area is 93.2 Å². The molecule has 0 aliphatic heterocycles. The van der Waals surface area contributed by atoms with E-state index >= 15 is 0 Å². The number of carbonyl (C=O) groups is 2. The number of aliphatic carboxylic acids is 2. The summed E-state index contributed by atoms with van der Waals surface area (Å²) in [5.74, 6) is -2.41. The third-order valence-electron chi connectivity index (χ3n) is 2.13. The van der Waals surface area contributed by atoms with Crippen LogP contribution in [0.25, 0.3) is 0 Å². The van der Waals surface area contributed by atoms with Gasteiger partial charge in [-0.25, -0.2) is 4.79 Å². The van der Waals surface area contributed by atoms with Crippen molar-refractivity contribution in [3.8, 4) is 0 Å². The fourth-order valence-electron chi connectivity index (χ4n) is 1.12. The van der Waals surface area contributed by atoms with Gasteiger partial charge in [0.15, 0.2) is 0 Å². The van der Waals surface area contributed by atoms with E-state index in [4.69, 9.17) is 21.7 Å². The molecule has 2 atom stereocenters. The normalized spacial score (nSPS) is 15.9. The summed E-state index contributed by atoms with van der Waals surface area (Å²) >= 11 is 0. The Kier molecular flexibility index (Phi) is 4.87. The molecule has 0 radical (unpaired) electrons. The van der Waals surface area contributed by atoms with Crippen LogP contribution < -0.4 is 11.5 Å². The van der Waals surface area contributed by atoms with Crippen LogP contribution >= 0.6 is 0 Å². The average molecular weight is 228 g/mol. The molecule has 0 aromatic carbocycles. The first-order chi connectivity index (χ1) is 7.23. The van der Waals surface area contributed by atoms with E-state index in [-0.39, 0.29) is 12.8 Å². The van der Waals surface area contributed by atoms with E-state index in [2.05, 4.69) is 13.2 Å². The first-order valence-electron chi connectivity index (χ1n) is 4.54. The molecule has 0 saturated carbocycles. The van der Waals surface area contributed by atoms with Crippen LogP contribution in [0.15, 0.2) is 24.8 Å². The molecule has 0 saturated heterocycles. The van der Waals surface area contributed by atoms with E-state index in [1.165, 1.54) is 0 Å². The number of nitrogens with two attached hydrogens (primary N) is 2. The Morgan fingerprint density at radius 3 is 2.25 bits per heavy atom. The van der Waals surface area contributed by atoms with Crippen LogP contribution in [0.3, 0.4) is 0 Å². The highest BCUT2D eigenvalue weighted by Crippen LogP contribution is 2.18. The summed E-state index contributed by atoms with van der Waals surface area (Å²) in [6.45, 7) is 6.88. The van der Waals surface area contributed by atoms with Gasteiger partial charge in [0.2, 0.25) is 0 Å². The third kappa shape index (κ3) is 3.84. The molecule has 90 valence electrons. The molecular formula is C10H16N2O4. The summed E-state index contributed by atoms with van der Waals surface area (Å²) in [4.78, 5) is 21.3. The quantitative estimate of drug-likeness (QED) is 0.443. The minimum Gasteiger partial charge on any atom is -0.480 e. The fraction of sp³-hybridized carbons (Fsp3) is 0.400. The van der Waals surface area contributed by atoms with Gasteiger partial charge < -0.3 is 21.7 Å². The second kappa shape index (κ2) is 5.43. The first kappa shape index (κ1) is 14.3. The van der Waals surface area contributed by atoms with Crippen molar-refractivity contribution in [1.29, 1.82) is 0 Å². The molecule has 0 spiro atoms. The zero-order valence-corrected chi connectivity index (χ0v) is 8.85. The van der Waals surface area contributed by atoms with E-state index < -0.39 is 23.5 Å². The monoisotopic (exact) mass is 228 g/mol. The van der Waals surface area contributed by atoms with Gasteiger partial charge in [0.25, 0.3) is 0 Å².